The molecule has 0 heterocycles. The largest absolute Gasteiger partial charge is 0.459 e. The number of nitrogens with two attached hydrogens (primary N) is 2. The van der Waals surface area contributed by atoms with Gasteiger partial charge in [0.15, 0.2) is 0 Å². The van der Waals surface area contributed by atoms with Gasteiger partial charge < -0.3 is 16.2 Å². The van der Waals surface area contributed by atoms with Gasteiger partial charge in [0.1, 0.15) is 11.5 Å². The van der Waals surface area contributed by atoms with Crippen LogP contribution in [0.1, 0.15) is 0 Å². The Balaban J connectivity index is 4.14. The summed E-state index contributed by atoms with van der Waals surface area (Å²) < 4.78 is 5.20. The van der Waals surface area contributed by atoms with Gasteiger partial charge in [-0.3, -0.25) is 0 Å². The van der Waals surface area contributed by atoms with Gasteiger partial charge in [-0.15, -0.1) is 0 Å². The van der Waals surface area contributed by atoms with Gasteiger partial charge in [0.05, 0.1) is 0 Å². The maximum Gasteiger partial charge on any atom is 0.120 e. The van der Waals surface area contributed by atoms with Crippen molar-refractivity contribution >= 4 is 0 Å². The van der Waals surface area contributed by atoms with Crippen LogP contribution in [0.25, 0.3) is 0 Å². The summed E-state index contributed by atoms with van der Waals surface area (Å²) in [6, 6.07) is 0. The van der Waals surface area contributed by atoms with E-state index in [1.807, 2.05) is 0 Å². The normalized spacial score (nSPS) is 10.4. The number of ether oxygens (including phenoxy) is 1. The highest BCUT2D eigenvalue weighted by atomic mass is 16.5. The molecule has 0 aromatic heterocycles. The Morgan fingerprint density at radius 3 is 1.33 bits per heavy atom. The Bertz CT molecular complexity index is 315. The smallest absolute Gasteiger partial charge is 0.120 e. The summed E-state index contributed by atoms with van der Waals surface area (Å²) in [7, 11) is 0. The van der Waals surface area contributed by atoms with Crippen LogP contribution in [0.15, 0.2) is 73.5 Å². The van der Waals surface area contributed by atoms with Crippen LogP contribution in [0.4, 0.5) is 0 Å². The van der Waals surface area contributed by atoms with E-state index in [4.69, 9.17) is 16.2 Å². The Labute approximate surface area is 90.4 Å². The van der Waals surface area contributed by atoms with E-state index >= 15 is 0 Å². The first-order valence-electron chi connectivity index (χ1n) is 4.22. The van der Waals surface area contributed by atoms with Gasteiger partial charge in [0.2, 0.25) is 0 Å². The lowest BCUT2D eigenvalue weighted by Crippen LogP contribution is -1.92. The third-order valence-electron chi connectivity index (χ3n) is 1.23. The second-order valence-corrected chi connectivity index (χ2v) is 2.85. The molecule has 0 bridgehead atoms. The van der Waals surface area contributed by atoms with E-state index in [0.717, 1.165) is 0 Å². The standard InChI is InChI=1S/C12H16N2O/c1-9(13)5-7-11(3)15-12(4)8-6-10(2)14/h5-8H,1-4,13-14H2/b7-5-,8-6-. The van der Waals surface area contributed by atoms with E-state index in [0.29, 0.717) is 22.9 Å². The van der Waals surface area contributed by atoms with Crippen LogP contribution < -0.4 is 11.5 Å². The zero-order chi connectivity index (χ0) is 11.8. The van der Waals surface area contributed by atoms with Crippen molar-refractivity contribution in [2.75, 3.05) is 0 Å². The minimum atomic E-state index is 0.416. The van der Waals surface area contributed by atoms with Crippen molar-refractivity contribution < 1.29 is 4.74 Å². The first-order chi connectivity index (χ1) is 6.91. The molecule has 0 amide bonds. The monoisotopic (exact) mass is 204 g/mol. The minimum Gasteiger partial charge on any atom is -0.459 e. The van der Waals surface area contributed by atoms with Crippen molar-refractivity contribution in [2.45, 2.75) is 0 Å². The molecule has 15 heavy (non-hydrogen) atoms. The predicted octanol–water partition coefficient (Wildman–Crippen LogP) is 2.09. The van der Waals surface area contributed by atoms with E-state index in [-0.39, 0.29) is 0 Å². The van der Waals surface area contributed by atoms with E-state index in [1.54, 1.807) is 24.3 Å². The molecule has 0 aromatic rings. The van der Waals surface area contributed by atoms with Crippen molar-refractivity contribution in [3.8, 4) is 0 Å². The quantitative estimate of drug-likeness (QED) is 0.514. The van der Waals surface area contributed by atoms with Gasteiger partial charge in [0.25, 0.3) is 0 Å². The fourth-order valence-electron chi connectivity index (χ4n) is 0.636. The molecular formula is C12H16N2O. The summed E-state index contributed by atoms with van der Waals surface area (Å²) in [5.41, 5.74) is 11.5. The summed E-state index contributed by atoms with van der Waals surface area (Å²) in [4.78, 5) is 0. The number of allylic oxidation sites excluding steroid dienone is 4. The molecule has 0 fully saturated rings. The van der Waals surface area contributed by atoms with Crippen LogP contribution in [0, 0.1) is 0 Å². The molecule has 0 spiro atoms. The van der Waals surface area contributed by atoms with Gasteiger partial charge in [-0.25, -0.2) is 0 Å². The van der Waals surface area contributed by atoms with E-state index in [2.05, 4.69) is 26.3 Å². The van der Waals surface area contributed by atoms with Crippen LogP contribution in [-0.4, -0.2) is 0 Å². The van der Waals surface area contributed by atoms with Crippen molar-refractivity contribution in [3.63, 3.8) is 0 Å². The highest BCUT2D eigenvalue weighted by molar-refractivity contribution is 5.23. The molecular weight excluding hydrogens is 188 g/mol. The third-order valence-corrected chi connectivity index (χ3v) is 1.23. The van der Waals surface area contributed by atoms with Gasteiger partial charge >= 0.3 is 0 Å². The second kappa shape index (κ2) is 6.32. The summed E-state index contributed by atoms with van der Waals surface area (Å²) in [6.07, 6.45) is 6.36. The maximum absolute atomic E-state index is 5.33. The third kappa shape index (κ3) is 8.18. The zero-order valence-corrected chi connectivity index (χ0v) is 8.70. The fraction of sp³-hybridized carbons (Fsp3) is 0. The molecule has 0 aliphatic rings. The molecule has 3 nitrogen and oxygen atoms in total. The fourth-order valence-corrected chi connectivity index (χ4v) is 0.636. The molecule has 0 aromatic carbocycles. The SMILES string of the molecule is C=C(N)/C=C\C(=C)OC(=C)/C=C\C(=C)N. The molecule has 80 valence electrons. The molecule has 0 aliphatic carbocycles. The van der Waals surface area contributed by atoms with Crippen molar-refractivity contribution in [1.29, 1.82) is 0 Å². The van der Waals surface area contributed by atoms with Crippen LogP contribution in [0.2, 0.25) is 0 Å². The van der Waals surface area contributed by atoms with Crippen LogP contribution >= 0.6 is 0 Å². The first kappa shape index (κ1) is 12.8. The minimum absolute atomic E-state index is 0.416. The number of hydrogen-bond acceptors (Lipinski definition) is 3. The molecule has 0 rings (SSSR count). The summed E-state index contributed by atoms with van der Waals surface area (Å²) in [6.45, 7) is 14.3. The molecule has 3 heteroatoms. The zero-order valence-electron chi connectivity index (χ0n) is 8.70. The Morgan fingerprint density at radius 1 is 0.733 bits per heavy atom. The molecule has 0 unspecified atom stereocenters. The first-order valence-corrected chi connectivity index (χ1v) is 4.22. The number of rotatable bonds is 6. The van der Waals surface area contributed by atoms with Crippen molar-refractivity contribution in [1.82, 2.24) is 0 Å². The predicted molar refractivity (Wildman–Crippen MR) is 64.3 cm³/mol. The average Bonchev–Trinajstić information content (AvgIpc) is 2.11. The van der Waals surface area contributed by atoms with Gasteiger partial charge in [-0.2, -0.15) is 0 Å². The van der Waals surface area contributed by atoms with Crippen molar-refractivity contribution in [3.05, 3.63) is 73.5 Å². The Hall–Kier alpha value is -2.16. The lowest BCUT2D eigenvalue weighted by molar-refractivity contribution is 0.340. The van der Waals surface area contributed by atoms with E-state index in [1.165, 1.54) is 0 Å². The van der Waals surface area contributed by atoms with Crippen molar-refractivity contribution in [2.24, 2.45) is 11.5 Å². The van der Waals surface area contributed by atoms with Gasteiger partial charge in [-0.1, -0.05) is 26.3 Å². The number of hydrogen-bond donors (Lipinski definition) is 2. The molecule has 0 radical (unpaired) electrons. The Morgan fingerprint density at radius 2 is 1.07 bits per heavy atom. The highest BCUT2D eigenvalue weighted by Crippen LogP contribution is 2.06. The lowest BCUT2D eigenvalue weighted by Gasteiger charge is -2.03. The molecule has 0 saturated heterocycles. The second-order valence-electron chi connectivity index (χ2n) is 2.85. The molecule has 4 N–H and O–H groups in total. The van der Waals surface area contributed by atoms with Crippen LogP contribution in [0.3, 0.4) is 0 Å². The maximum atomic E-state index is 5.33. The van der Waals surface area contributed by atoms with E-state index in [9.17, 15) is 0 Å². The van der Waals surface area contributed by atoms with Crippen LogP contribution in [-0.2, 0) is 4.74 Å². The summed E-state index contributed by atoms with van der Waals surface area (Å²) >= 11 is 0. The lowest BCUT2D eigenvalue weighted by atomic mass is 10.3. The van der Waals surface area contributed by atoms with Gasteiger partial charge in [0, 0.05) is 11.4 Å². The topological polar surface area (TPSA) is 61.3 Å². The Kier molecular flexibility index (Phi) is 5.41. The highest BCUT2D eigenvalue weighted by Gasteiger charge is 1.91. The average molecular weight is 204 g/mol. The van der Waals surface area contributed by atoms with E-state index < -0.39 is 0 Å². The van der Waals surface area contributed by atoms with Gasteiger partial charge in [-0.05, 0) is 24.3 Å². The van der Waals surface area contributed by atoms with Crippen LogP contribution in [0.5, 0.6) is 0 Å². The summed E-state index contributed by atoms with van der Waals surface area (Å²) in [5.74, 6) is 0.831. The molecule has 0 atom stereocenters. The molecule has 0 saturated carbocycles. The summed E-state index contributed by atoms with van der Waals surface area (Å²) in [5, 5.41) is 0. The molecule has 0 aliphatic heterocycles.